The van der Waals surface area contributed by atoms with Gasteiger partial charge >= 0.3 is 6.03 Å². The van der Waals surface area contributed by atoms with Gasteiger partial charge in [0, 0.05) is 17.6 Å². The van der Waals surface area contributed by atoms with Gasteiger partial charge < -0.3 is 15.4 Å². The third-order valence-electron chi connectivity index (χ3n) is 3.99. The van der Waals surface area contributed by atoms with Gasteiger partial charge in [0.2, 0.25) is 0 Å². The molecule has 1 aliphatic carbocycles. The van der Waals surface area contributed by atoms with Crippen LogP contribution in [0.3, 0.4) is 0 Å². The largest absolute Gasteiger partial charge is 0.496 e. The summed E-state index contributed by atoms with van der Waals surface area (Å²) >= 11 is 0. The molecule has 1 saturated carbocycles. The molecule has 0 aromatic heterocycles. The van der Waals surface area contributed by atoms with Crippen molar-refractivity contribution in [3.8, 4) is 5.75 Å². The molecular formula is C18H20N2O2. The van der Waals surface area contributed by atoms with Gasteiger partial charge in [-0.05, 0) is 42.7 Å². The molecule has 2 N–H and O–H groups in total. The van der Waals surface area contributed by atoms with Gasteiger partial charge in [0.05, 0.1) is 7.11 Å². The summed E-state index contributed by atoms with van der Waals surface area (Å²) in [6, 6.07) is 16.0. The molecule has 2 aromatic carbocycles. The number of anilines is 1. The van der Waals surface area contributed by atoms with Crippen molar-refractivity contribution >= 4 is 11.7 Å². The van der Waals surface area contributed by atoms with E-state index >= 15 is 0 Å². The summed E-state index contributed by atoms with van der Waals surface area (Å²) in [5.41, 5.74) is 3.05. The zero-order chi connectivity index (χ0) is 15.5. The van der Waals surface area contributed by atoms with Crippen molar-refractivity contribution in [1.82, 2.24) is 5.32 Å². The second-order valence-electron chi connectivity index (χ2n) is 5.64. The minimum atomic E-state index is -0.159. The van der Waals surface area contributed by atoms with Crippen LogP contribution >= 0.6 is 0 Å². The molecule has 3 rings (SSSR count). The molecule has 2 atom stereocenters. The van der Waals surface area contributed by atoms with E-state index in [0.717, 1.165) is 23.4 Å². The van der Waals surface area contributed by atoms with E-state index in [2.05, 4.69) is 22.8 Å². The molecule has 22 heavy (non-hydrogen) atoms. The van der Waals surface area contributed by atoms with Crippen molar-refractivity contribution < 1.29 is 9.53 Å². The molecule has 2 amide bonds. The first-order valence-electron chi connectivity index (χ1n) is 7.44. The average molecular weight is 296 g/mol. The maximum atomic E-state index is 12.1. The van der Waals surface area contributed by atoms with E-state index in [1.54, 1.807) is 7.11 Å². The Labute approximate surface area is 130 Å². The van der Waals surface area contributed by atoms with Gasteiger partial charge in [-0.25, -0.2) is 4.79 Å². The van der Waals surface area contributed by atoms with E-state index in [1.807, 2.05) is 43.3 Å². The van der Waals surface area contributed by atoms with E-state index in [4.69, 9.17) is 4.74 Å². The highest BCUT2D eigenvalue weighted by atomic mass is 16.5. The third-order valence-corrected chi connectivity index (χ3v) is 3.99. The first-order chi connectivity index (χ1) is 10.7. The number of urea groups is 1. The van der Waals surface area contributed by atoms with Crippen LogP contribution in [-0.4, -0.2) is 19.2 Å². The molecule has 0 bridgehead atoms. The van der Waals surface area contributed by atoms with Crippen LogP contribution in [0.2, 0.25) is 0 Å². The van der Waals surface area contributed by atoms with Crippen LogP contribution in [0.15, 0.2) is 48.5 Å². The Bertz CT molecular complexity index is 670. The molecule has 0 aliphatic heterocycles. The lowest BCUT2D eigenvalue weighted by Gasteiger charge is -2.10. The predicted molar refractivity (Wildman–Crippen MR) is 87.5 cm³/mol. The van der Waals surface area contributed by atoms with Crippen molar-refractivity contribution in [1.29, 1.82) is 0 Å². The number of ether oxygens (including phenoxy) is 1. The van der Waals surface area contributed by atoms with Gasteiger partial charge in [-0.1, -0.05) is 30.3 Å². The maximum absolute atomic E-state index is 12.1. The normalized spacial score (nSPS) is 19.4. The monoisotopic (exact) mass is 296 g/mol. The summed E-state index contributed by atoms with van der Waals surface area (Å²) in [6.45, 7) is 1.95. The number of carbonyl (C=O) groups is 1. The van der Waals surface area contributed by atoms with Crippen molar-refractivity contribution in [3.63, 3.8) is 0 Å². The Morgan fingerprint density at radius 1 is 1.18 bits per heavy atom. The smallest absolute Gasteiger partial charge is 0.319 e. The fourth-order valence-corrected chi connectivity index (χ4v) is 2.71. The molecule has 0 spiro atoms. The number of methoxy groups -OCH3 is 1. The summed E-state index contributed by atoms with van der Waals surface area (Å²) in [5.74, 6) is 1.25. The minimum absolute atomic E-state index is 0.159. The minimum Gasteiger partial charge on any atom is -0.496 e. The molecular weight excluding hydrogens is 276 g/mol. The first kappa shape index (κ1) is 14.4. The molecule has 4 heteroatoms. The van der Waals surface area contributed by atoms with E-state index in [0.29, 0.717) is 5.92 Å². The highest BCUT2D eigenvalue weighted by Crippen LogP contribution is 2.40. The number of nitrogens with one attached hydrogen (secondary N) is 2. The summed E-state index contributed by atoms with van der Waals surface area (Å²) < 4.78 is 5.21. The van der Waals surface area contributed by atoms with Crippen molar-refractivity contribution in [2.24, 2.45) is 0 Å². The molecule has 1 fully saturated rings. The maximum Gasteiger partial charge on any atom is 0.319 e. The molecule has 2 aromatic rings. The summed E-state index contributed by atoms with van der Waals surface area (Å²) in [5, 5.41) is 5.89. The van der Waals surface area contributed by atoms with Crippen molar-refractivity contribution in [2.75, 3.05) is 12.4 Å². The standard InChI is InChI=1S/C18H20N2O2/c1-12-10-14(8-9-17(12)22-2)19-18(21)20-16-11-15(16)13-6-4-3-5-7-13/h3-10,15-16H,11H2,1-2H3,(H2,19,20,21). The van der Waals surface area contributed by atoms with Gasteiger partial charge in [0.15, 0.2) is 0 Å². The van der Waals surface area contributed by atoms with E-state index in [-0.39, 0.29) is 12.1 Å². The topological polar surface area (TPSA) is 50.4 Å². The first-order valence-corrected chi connectivity index (χ1v) is 7.44. The fourth-order valence-electron chi connectivity index (χ4n) is 2.71. The Morgan fingerprint density at radius 2 is 1.95 bits per heavy atom. The van der Waals surface area contributed by atoms with Gasteiger partial charge in [-0.3, -0.25) is 0 Å². The van der Waals surface area contributed by atoms with E-state index in [1.165, 1.54) is 5.56 Å². The summed E-state index contributed by atoms with van der Waals surface area (Å²) in [6.07, 6.45) is 0.999. The molecule has 1 aliphatic rings. The van der Waals surface area contributed by atoms with Crippen LogP contribution in [0.25, 0.3) is 0 Å². The number of carbonyl (C=O) groups excluding carboxylic acids is 1. The van der Waals surface area contributed by atoms with E-state index in [9.17, 15) is 4.79 Å². The average Bonchev–Trinajstić information content (AvgIpc) is 3.27. The third kappa shape index (κ3) is 3.22. The van der Waals surface area contributed by atoms with Crippen molar-refractivity contribution in [3.05, 3.63) is 59.7 Å². The van der Waals surface area contributed by atoms with Crippen LogP contribution in [0, 0.1) is 6.92 Å². The van der Waals surface area contributed by atoms with Crippen LogP contribution in [0.1, 0.15) is 23.5 Å². The van der Waals surface area contributed by atoms with Crippen LogP contribution in [-0.2, 0) is 0 Å². The molecule has 0 heterocycles. The lowest BCUT2D eigenvalue weighted by molar-refractivity contribution is 0.251. The zero-order valence-electron chi connectivity index (χ0n) is 12.8. The van der Waals surface area contributed by atoms with Gasteiger partial charge in [0.25, 0.3) is 0 Å². The van der Waals surface area contributed by atoms with E-state index < -0.39 is 0 Å². The van der Waals surface area contributed by atoms with Gasteiger partial charge in [-0.15, -0.1) is 0 Å². The molecule has 0 saturated heterocycles. The molecule has 0 radical (unpaired) electrons. The quantitative estimate of drug-likeness (QED) is 0.904. The number of hydrogen-bond acceptors (Lipinski definition) is 2. The fraction of sp³-hybridized carbons (Fsp3) is 0.278. The Morgan fingerprint density at radius 3 is 2.64 bits per heavy atom. The van der Waals surface area contributed by atoms with Gasteiger partial charge in [-0.2, -0.15) is 0 Å². The van der Waals surface area contributed by atoms with Crippen molar-refractivity contribution in [2.45, 2.75) is 25.3 Å². The highest BCUT2D eigenvalue weighted by molar-refractivity contribution is 5.90. The zero-order valence-corrected chi connectivity index (χ0v) is 12.8. The summed E-state index contributed by atoms with van der Waals surface area (Å²) in [7, 11) is 1.64. The molecule has 4 nitrogen and oxygen atoms in total. The summed E-state index contributed by atoms with van der Waals surface area (Å²) in [4.78, 5) is 12.1. The van der Waals surface area contributed by atoms with Crippen LogP contribution < -0.4 is 15.4 Å². The molecule has 2 unspecified atom stereocenters. The second-order valence-corrected chi connectivity index (χ2v) is 5.64. The Kier molecular flexibility index (Phi) is 4.00. The lowest BCUT2D eigenvalue weighted by Crippen LogP contribution is -2.31. The SMILES string of the molecule is COc1ccc(NC(=O)NC2CC2c2ccccc2)cc1C. The Balaban J connectivity index is 1.55. The van der Waals surface area contributed by atoms with Crippen LogP contribution in [0.5, 0.6) is 5.75 Å². The van der Waals surface area contributed by atoms with Crippen LogP contribution in [0.4, 0.5) is 10.5 Å². The highest BCUT2D eigenvalue weighted by Gasteiger charge is 2.39. The Hall–Kier alpha value is -2.49. The number of rotatable bonds is 4. The number of hydrogen-bond donors (Lipinski definition) is 2. The van der Waals surface area contributed by atoms with Gasteiger partial charge in [0.1, 0.15) is 5.75 Å². The molecule has 114 valence electrons. The second kappa shape index (κ2) is 6.10. The lowest BCUT2D eigenvalue weighted by atomic mass is 10.1. The predicted octanol–water partition coefficient (Wildman–Crippen LogP) is 3.68. The number of benzene rings is 2. The number of amides is 2. The number of aryl methyl sites for hydroxylation is 1.